The maximum atomic E-state index is 13.1. The highest BCUT2D eigenvalue weighted by molar-refractivity contribution is 7.15. The molecular formula is C21H22F3N5O2S. The van der Waals surface area contributed by atoms with E-state index in [1.807, 2.05) is 13.8 Å². The third kappa shape index (κ3) is 4.72. The lowest BCUT2D eigenvalue weighted by Gasteiger charge is -2.19. The van der Waals surface area contributed by atoms with Crippen molar-refractivity contribution in [3.8, 4) is 5.88 Å². The zero-order valence-corrected chi connectivity index (χ0v) is 18.3. The number of amides is 1. The number of rotatable bonds is 6. The van der Waals surface area contributed by atoms with E-state index in [4.69, 9.17) is 4.74 Å². The van der Waals surface area contributed by atoms with Gasteiger partial charge in [-0.15, -0.1) is 11.3 Å². The molecular weight excluding hydrogens is 443 g/mol. The molecule has 1 fully saturated rings. The number of carbonyl (C=O) groups is 1. The number of hydrogen-bond acceptors (Lipinski definition) is 6. The first-order valence-corrected chi connectivity index (χ1v) is 10.8. The summed E-state index contributed by atoms with van der Waals surface area (Å²) in [5.41, 5.74) is 0.341. The van der Waals surface area contributed by atoms with E-state index in [1.165, 1.54) is 23.6 Å². The maximum Gasteiger partial charge on any atom is 0.406 e. The number of aryl methyl sites for hydroxylation is 1. The van der Waals surface area contributed by atoms with Crippen LogP contribution in [-0.2, 0) is 11.3 Å². The second kappa shape index (κ2) is 8.45. The van der Waals surface area contributed by atoms with E-state index in [0.29, 0.717) is 34.8 Å². The van der Waals surface area contributed by atoms with Crippen LogP contribution in [0.1, 0.15) is 18.2 Å². The average Bonchev–Trinajstić information content (AvgIpc) is 3.40. The van der Waals surface area contributed by atoms with E-state index in [-0.39, 0.29) is 23.9 Å². The SMILES string of the molecule is C=CC(=O)N1C[C@@H](Oc2nc(Nc3ncc(C)s3)cc3c2ccn3CC(F)(F)F)C[C@H]1C. The van der Waals surface area contributed by atoms with Gasteiger partial charge in [-0.05, 0) is 26.0 Å². The Balaban J connectivity index is 1.68. The predicted molar refractivity (Wildman–Crippen MR) is 116 cm³/mol. The number of pyridine rings is 1. The van der Waals surface area contributed by atoms with E-state index in [2.05, 4.69) is 21.9 Å². The van der Waals surface area contributed by atoms with Gasteiger partial charge in [-0.25, -0.2) is 4.98 Å². The molecule has 0 unspecified atom stereocenters. The molecule has 170 valence electrons. The molecule has 4 rings (SSSR count). The van der Waals surface area contributed by atoms with E-state index < -0.39 is 12.7 Å². The third-order valence-corrected chi connectivity index (χ3v) is 6.04. The van der Waals surface area contributed by atoms with Crippen LogP contribution in [0.25, 0.3) is 10.9 Å². The van der Waals surface area contributed by atoms with Gasteiger partial charge in [0.2, 0.25) is 11.8 Å². The number of fused-ring (bicyclic) bond motifs is 1. The molecule has 3 aromatic heterocycles. The molecule has 1 N–H and O–H groups in total. The van der Waals surface area contributed by atoms with Crippen molar-refractivity contribution in [1.82, 2.24) is 19.4 Å². The molecule has 11 heteroatoms. The molecule has 0 aliphatic carbocycles. The lowest BCUT2D eigenvalue weighted by molar-refractivity contribution is -0.139. The second-order valence-electron chi connectivity index (χ2n) is 7.72. The fourth-order valence-corrected chi connectivity index (χ4v) is 4.49. The summed E-state index contributed by atoms with van der Waals surface area (Å²) in [6.45, 7) is 6.56. The molecule has 0 aromatic carbocycles. The van der Waals surface area contributed by atoms with Crippen LogP contribution >= 0.6 is 11.3 Å². The summed E-state index contributed by atoms with van der Waals surface area (Å²) in [6, 6.07) is 3.07. The molecule has 1 aliphatic rings. The molecule has 0 saturated carbocycles. The highest BCUT2D eigenvalue weighted by atomic mass is 32.1. The fraction of sp³-hybridized carbons (Fsp3) is 0.381. The first-order valence-electron chi connectivity index (χ1n) is 9.98. The van der Waals surface area contributed by atoms with Crippen molar-refractivity contribution < 1.29 is 22.7 Å². The number of alkyl halides is 3. The van der Waals surface area contributed by atoms with Crippen LogP contribution in [0.4, 0.5) is 24.1 Å². The molecule has 4 heterocycles. The molecule has 0 radical (unpaired) electrons. The second-order valence-corrected chi connectivity index (χ2v) is 8.96. The Bertz CT molecular complexity index is 1160. The van der Waals surface area contributed by atoms with Crippen molar-refractivity contribution in [3.05, 3.63) is 42.1 Å². The topological polar surface area (TPSA) is 72.3 Å². The third-order valence-electron chi connectivity index (χ3n) is 5.21. The lowest BCUT2D eigenvalue weighted by Crippen LogP contribution is -2.33. The first-order chi connectivity index (χ1) is 15.1. The number of aromatic nitrogens is 3. The Hall–Kier alpha value is -3.08. The van der Waals surface area contributed by atoms with Gasteiger partial charge in [0.05, 0.1) is 17.4 Å². The van der Waals surface area contributed by atoms with Crippen molar-refractivity contribution in [2.45, 2.75) is 45.1 Å². The highest BCUT2D eigenvalue weighted by Crippen LogP contribution is 2.33. The van der Waals surface area contributed by atoms with Crippen molar-refractivity contribution >= 4 is 39.1 Å². The number of nitrogens with one attached hydrogen (secondary N) is 1. The Morgan fingerprint density at radius 1 is 1.47 bits per heavy atom. The number of anilines is 2. The predicted octanol–water partition coefficient (Wildman–Crippen LogP) is 4.66. The Morgan fingerprint density at radius 2 is 2.25 bits per heavy atom. The van der Waals surface area contributed by atoms with Gasteiger partial charge in [0.1, 0.15) is 18.5 Å². The number of thiazole rings is 1. The van der Waals surface area contributed by atoms with Gasteiger partial charge in [-0.1, -0.05) is 6.58 Å². The largest absolute Gasteiger partial charge is 0.472 e. The van der Waals surface area contributed by atoms with Gasteiger partial charge < -0.3 is 19.5 Å². The van der Waals surface area contributed by atoms with Crippen molar-refractivity contribution in [3.63, 3.8) is 0 Å². The minimum absolute atomic E-state index is 0.0459. The van der Waals surface area contributed by atoms with Gasteiger partial charge in [0, 0.05) is 35.8 Å². The summed E-state index contributed by atoms with van der Waals surface area (Å²) in [7, 11) is 0. The van der Waals surface area contributed by atoms with Crippen LogP contribution < -0.4 is 10.1 Å². The summed E-state index contributed by atoms with van der Waals surface area (Å²) in [4.78, 5) is 23.4. The van der Waals surface area contributed by atoms with Crippen LogP contribution in [0.15, 0.2) is 37.2 Å². The Labute approximate surface area is 186 Å². The van der Waals surface area contributed by atoms with Gasteiger partial charge in [0.25, 0.3) is 0 Å². The zero-order valence-electron chi connectivity index (χ0n) is 17.5. The molecule has 0 spiro atoms. The summed E-state index contributed by atoms with van der Waals surface area (Å²) in [6.07, 6.45) is 0.188. The number of ether oxygens (including phenoxy) is 1. The number of halogens is 3. The van der Waals surface area contributed by atoms with E-state index >= 15 is 0 Å². The van der Waals surface area contributed by atoms with Crippen LogP contribution in [0.2, 0.25) is 0 Å². The first kappa shape index (κ1) is 22.1. The van der Waals surface area contributed by atoms with Crippen LogP contribution in [0.5, 0.6) is 5.88 Å². The summed E-state index contributed by atoms with van der Waals surface area (Å²) in [5, 5.41) is 4.10. The van der Waals surface area contributed by atoms with E-state index in [1.54, 1.807) is 23.2 Å². The standard InChI is InChI=1S/C21H22F3N5O2S/c1-4-18(30)29-10-14(7-12(29)2)31-19-15-5-6-28(11-21(22,23)24)16(15)8-17(26-19)27-20-25-9-13(3)32-20/h4-6,8-9,12,14H,1,7,10-11H2,2-3H3,(H,25,26,27)/t12-,14+/m1/s1. The molecule has 0 bridgehead atoms. The van der Waals surface area contributed by atoms with Gasteiger partial charge in [0.15, 0.2) is 5.13 Å². The number of nitrogens with zero attached hydrogens (tertiary/aromatic N) is 4. The van der Waals surface area contributed by atoms with E-state index in [0.717, 1.165) is 9.44 Å². The molecule has 2 atom stereocenters. The van der Waals surface area contributed by atoms with Crippen LogP contribution in [0, 0.1) is 6.92 Å². The molecule has 7 nitrogen and oxygen atoms in total. The Kier molecular flexibility index (Phi) is 5.85. The summed E-state index contributed by atoms with van der Waals surface area (Å²) >= 11 is 1.41. The van der Waals surface area contributed by atoms with Crippen LogP contribution in [-0.4, -0.2) is 50.2 Å². The fourth-order valence-electron chi connectivity index (χ4n) is 3.81. The molecule has 1 aliphatic heterocycles. The van der Waals surface area contributed by atoms with Gasteiger partial charge in [-0.2, -0.15) is 18.2 Å². The minimum atomic E-state index is -4.37. The molecule has 32 heavy (non-hydrogen) atoms. The molecule has 3 aromatic rings. The van der Waals surface area contributed by atoms with Crippen molar-refractivity contribution in [2.75, 3.05) is 11.9 Å². The van der Waals surface area contributed by atoms with Gasteiger partial charge in [-0.3, -0.25) is 4.79 Å². The highest BCUT2D eigenvalue weighted by Gasteiger charge is 2.34. The van der Waals surface area contributed by atoms with Crippen molar-refractivity contribution in [2.24, 2.45) is 0 Å². The number of likely N-dealkylation sites (tertiary alicyclic amines) is 1. The van der Waals surface area contributed by atoms with Crippen molar-refractivity contribution in [1.29, 1.82) is 0 Å². The van der Waals surface area contributed by atoms with E-state index in [9.17, 15) is 18.0 Å². The quantitative estimate of drug-likeness (QED) is 0.536. The smallest absolute Gasteiger partial charge is 0.406 e. The zero-order chi connectivity index (χ0) is 23.0. The van der Waals surface area contributed by atoms with Crippen LogP contribution in [0.3, 0.4) is 0 Å². The maximum absolute atomic E-state index is 13.1. The number of carbonyl (C=O) groups excluding carboxylic acids is 1. The minimum Gasteiger partial charge on any atom is -0.472 e. The molecule has 1 amide bonds. The normalized spacial score (nSPS) is 18.8. The lowest BCUT2D eigenvalue weighted by atomic mass is 10.2. The average molecular weight is 466 g/mol. The van der Waals surface area contributed by atoms with Gasteiger partial charge >= 0.3 is 6.18 Å². The summed E-state index contributed by atoms with van der Waals surface area (Å²) in [5.74, 6) is 0.353. The monoisotopic (exact) mass is 465 g/mol. The summed E-state index contributed by atoms with van der Waals surface area (Å²) < 4.78 is 46.5. The molecule has 1 saturated heterocycles. The Morgan fingerprint density at radius 3 is 2.91 bits per heavy atom. The number of hydrogen-bond donors (Lipinski definition) is 1.